The third kappa shape index (κ3) is 4.53. The summed E-state index contributed by atoms with van der Waals surface area (Å²) < 4.78 is 13.0. The summed E-state index contributed by atoms with van der Waals surface area (Å²) in [4.78, 5) is 6.37. The molecule has 112 valence electrons. The number of halogens is 1. The van der Waals surface area contributed by atoms with Crippen LogP contribution in [0.5, 0.6) is 0 Å². The van der Waals surface area contributed by atoms with Gasteiger partial charge in [0.25, 0.3) is 0 Å². The van der Waals surface area contributed by atoms with Crippen molar-refractivity contribution in [3.8, 4) is 0 Å². The Bertz CT molecular complexity index is 554. The van der Waals surface area contributed by atoms with Crippen LogP contribution < -0.4 is 10.2 Å². The van der Waals surface area contributed by atoms with E-state index in [1.165, 1.54) is 17.7 Å². The Morgan fingerprint density at radius 2 is 1.95 bits per heavy atom. The molecule has 0 aliphatic carbocycles. The van der Waals surface area contributed by atoms with E-state index in [1.807, 2.05) is 31.4 Å². The fourth-order valence-corrected chi connectivity index (χ4v) is 2.28. The molecular weight excluding hydrogens is 265 g/mol. The number of pyridine rings is 1. The van der Waals surface area contributed by atoms with Gasteiger partial charge in [-0.15, -0.1) is 0 Å². The molecule has 1 heterocycles. The van der Waals surface area contributed by atoms with Gasteiger partial charge in [0.1, 0.15) is 5.82 Å². The van der Waals surface area contributed by atoms with Gasteiger partial charge in [-0.25, -0.2) is 4.39 Å². The number of rotatable bonds is 7. The van der Waals surface area contributed by atoms with E-state index in [0.717, 1.165) is 37.3 Å². The van der Waals surface area contributed by atoms with Gasteiger partial charge in [0.05, 0.1) is 0 Å². The minimum Gasteiger partial charge on any atom is -0.370 e. The van der Waals surface area contributed by atoms with Gasteiger partial charge >= 0.3 is 0 Å². The predicted molar refractivity (Wildman–Crippen MR) is 84.7 cm³/mol. The summed E-state index contributed by atoms with van der Waals surface area (Å²) in [6, 6.07) is 8.66. The van der Waals surface area contributed by atoms with Crippen LogP contribution in [0.2, 0.25) is 0 Å². The van der Waals surface area contributed by atoms with Crippen molar-refractivity contribution < 1.29 is 4.39 Å². The van der Waals surface area contributed by atoms with Gasteiger partial charge in [0, 0.05) is 43.8 Å². The SMILES string of the molecule is CCCNCc1cnccc1N(C)Cc1ccc(F)cc1. The standard InChI is InChI=1S/C17H22FN3/c1-3-9-19-11-15-12-20-10-8-17(15)21(2)13-14-4-6-16(18)7-5-14/h4-8,10,12,19H,3,9,11,13H2,1-2H3. The number of aromatic nitrogens is 1. The molecule has 2 aromatic rings. The molecule has 1 N–H and O–H groups in total. The summed E-state index contributed by atoms with van der Waals surface area (Å²) in [6.07, 6.45) is 4.82. The van der Waals surface area contributed by atoms with E-state index in [1.54, 1.807) is 6.20 Å². The highest BCUT2D eigenvalue weighted by Crippen LogP contribution is 2.20. The van der Waals surface area contributed by atoms with Gasteiger partial charge in [-0.05, 0) is 36.7 Å². The fourth-order valence-electron chi connectivity index (χ4n) is 2.28. The van der Waals surface area contributed by atoms with Gasteiger partial charge in [0.2, 0.25) is 0 Å². The van der Waals surface area contributed by atoms with Crippen molar-refractivity contribution in [1.82, 2.24) is 10.3 Å². The summed E-state index contributed by atoms with van der Waals surface area (Å²) in [6.45, 7) is 4.70. The predicted octanol–water partition coefficient (Wildman–Crippen LogP) is 3.36. The smallest absolute Gasteiger partial charge is 0.123 e. The topological polar surface area (TPSA) is 28.2 Å². The second-order valence-corrected chi connectivity index (χ2v) is 5.16. The summed E-state index contributed by atoms with van der Waals surface area (Å²) >= 11 is 0. The van der Waals surface area contributed by atoms with E-state index in [9.17, 15) is 4.39 Å². The Morgan fingerprint density at radius 3 is 2.67 bits per heavy atom. The molecule has 0 fully saturated rings. The van der Waals surface area contributed by atoms with E-state index in [4.69, 9.17) is 0 Å². The Hall–Kier alpha value is -1.94. The Balaban J connectivity index is 2.07. The van der Waals surface area contributed by atoms with E-state index in [0.29, 0.717) is 0 Å². The molecule has 4 heteroatoms. The Labute approximate surface area is 125 Å². The number of nitrogens with zero attached hydrogens (tertiary/aromatic N) is 2. The molecule has 0 atom stereocenters. The maximum absolute atomic E-state index is 13.0. The largest absolute Gasteiger partial charge is 0.370 e. The van der Waals surface area contributed by atoms with Crippen LogP contribution in [0, 0.1) is 5.82 Å². The van der Waals surface area contributed by atoms with Crippen molar-refractivity contribution in [1.29, 1.82) is 0 Å². The van der Waals surface area contributed by atoms with Gasteiger partial charge < -0.3 is 10.2 Å². The highest BCUT2D eigenvalue weighted by Gasteiger charge is 2.08. The lowest BCUT2D eigenvalue weighted by atomic mass is 10.1. The number of benzene rings is 1. The first-order valence-electron chi connectivity index (χ1n) is 7.30. The number of hydrogen-bond donors (Lipinski definition) is 1. The van der Waals surface area contributed by atoms with Crippen molar-refractivity contribution in [3.63, 3.8) is 0 Å². The Morgan fingerprint density at radius 1 is 1.19 bits per heavy atom. The Kier molecular flexibility index (Phi) is 5.69. The number of nitrogens with one attached hydrogen (secondary N) is 1. The zero-order chi connectivity index (χ0) is 15.1. The normalized spacial score (nSPS) is 10.6. The average molecular weight is 287 g/mol. The van der Waals surface area contributed by atoms with Crippen molar-refractivity contribution in [2.45, 2.75) is 26.4 Å². The zero-order valence-corrected chi connectivity index (χ0v) is 12.6. The molecule has 0 spiro atoms. The average Bonchev–Trinajstić information content (AvgIpc) is 2.50. The monoisotopic (exact) mass is 287 g/mol. The van der Waals surface area contributed by atoms with Gasteiger partial charge in [0.15, 0.2) is 0 Å². The lowest BCUT2D eigenvalue weighted by molar-refractivity contribution is 0.627. The maximum atomic E-state index is 13.0. The summed E-state index contributed by atoms with van der Waals surface area (Å²) in [5, 5.41) is 3.40. The first kappa shape index (κ1) is 15.4. The molecule has 1 aromatic carbocycles. The van der Waals surface area contributed by atoms with Crippen LogP contribution in [0.4, 0.5) is 10.1 Å². The van der Waals surface area contributed by atoms with Gasteiger partial charge in [-0.3, -0.25) is 4.98 Å². The number of anilines is 1. The molecule has 0 aliphatic rings. The van der Waals surface area contributed by atoms with Crippen molar-refractivity contribution in [3.05, 3.63) is 59.7 Å². The third-order valence-corrected chi connectivity index (χ3v) is 3.36. The molecule has 1 aromatic heterocycles. The van der Waals surface area contributed by atoms with Gasteiger partial charge in [-0.1, -0.05) is 19.1 Å². The second kappa shape index (κ2) is 7.74. The van der Waals surface area contributed by atoms with Crippen molar-refractivity contribution in [2.75, 3.05) is 18.5 Å². The number of hydrogen-bond acceptors (Lipinski definition) is 3. The van der Waals surface area contributed by atoms with Crippen LogP contribution >= 0.6 is 0 Å². The molecular formula is C17H22FN3. The quantitative estimate of drug-likeness (QED) is 0.792. The lowest BCUT2D eigenvalue weighted by Crippen LogP contribution is -2.21. The molecule has 0 amide bonds. The fraction of sp³-hybridized carbons (Fsp3) is 0.353. The minimum absolute atomic E-state index is 0.199. The third-order valence-electron chi connectivity index (χ3n) is 3.36. The molecule has 0 saturated heterocycles. The molecule has 0 saturated carbocycles. The van der Waals surface area contributed by atoms with Crippen LogP contribution in [0.1, 0.15) is 24.5 Å². The maximum Gasteiger partial charge on any atom is 0.123 e. The molecule has 0 radical (unpaired) electrons. The van der Waals surface area contributed by atoms with Crippen LogP contribution in [0.15, 0.2) is 42.7 Å². The second-order valence-electron chi connectivity index (χ2n) is 5.16. The first-order valence-corrected chi connectivity index (χ1v) is 7.30. The molecule has 0 bridgehead atoms. The summed E-state index contributed by atoms with van der Waals surface area (Å²) in [5.41, 5.74) is 3.41. The van der Waals surface area contributed by atoms with Crippen LogP contribution in [-0.4, -0.2) is 18.6 Å². The van der Waals surface area contributed by atoms with Crippen LogP contribution in [0.25, 0.3) is 0 Å². The minimum atomic E-state index is -0.199. The lowest BCUT2D eigenvalue weighted by Gasteiger charge is -2.22. The molecule has 21 heavy (non-hydrogen) atoms. The highest BCUT2D eigenvalue weighted by molar-refractivity contribution is 5.52. The highest BCUT2D eigenvalue weighted by atomic mass is 19.1. The van der Waals surface area contributed by atoms with E-state index in [-0.39, 0.29) is 5.82 Å². The molecule has 2 rings (SSSR count). The first-order chi connectivity index (χ1) is 10.2. The molecule has 3 nitrogen and oxygen atoms in total. The van der Waals surface area contributed by atoms with Gasteiger partial charge in [-0.2, -0.15) is 0 Å². The van der Waals surface area contributed by atoms with Crippen LogP contribution in [-0.2, 0) is 13.1 Å². The zero-order valence-electron chi connectivity index (χ0n) is 12.6. The van der Waals surface area contributed by atoms with Crippen LogP contribution in [0.3, 0.4) is 0 Å². The molecule has 0 aliphatic heterocycles. The summed E-state index contributed by atoms with van der Waals surface area (Å²) in [5.74, 6) is -0.199. The van der Waals surface area contributed by atoms with E-state index >= 15 is 0 Å². The van der Waals surface area contributed by atoms with Crippen molar-refractivity contribution in [2.24, 2.45) is 0 Å². The van der Waals surface area contributed by atoms with E-state index in [2.05, 4.69) is 22.1 Å². The molecule has 0 unspecified atom stereocenters. The summed E-state index contributed by atoms with van der Waals surface area (Å²) in [7, 11) is 2.04. The van der Waals surface area contributed by atoms with E-state index < -0.39 is 0 Å². The van der Waals surface area contributed by atoms with Crippen molar-refractivity contribution >= 4 is 5.69 Å².